The highest BCUT2D eigenvalue weighted by atomic mass is 79.9. The number of aryl methyl sites for hydroxylation is 1. The lowest BCUT2D eigenvalue weighted by molar-refractivity contribution is 0.813. The Bertz CT molecular complexity index is 601. The standard InChI is InChI=1S/C16H21BrN4/c1-4-6-14-19-15(18-2)10-16(20-14)21(3)11-12-7-5-8-13(17)9-12/h5,7-10H,4,6,11H2,1-3H3,(H,18,19,20). The minimum absolute atomic E-state index is 0.811. The molecule has 21 heavy (non-hydrogen) atoms. The van der Waals surface area contributed by atoms with Gasteiger partial charge in [0.25, 0.3) is 0 Å². The van der Waals surface area contributed by atoms with Crippen LogP contribution in [-0.2, 0) is 13.0 Å². The van der Waals surface area contributed by atoms with Crippen molar-refractivity contribution in [3.05, 3.63) is 46.2 Å². The highest BCUT2D eigenvalue weighted by molar-refractivity contribution is 9.10. The summed E-state index contributed by atoms with van der Waals surface area (Å²) in [5, 5.41) is 3.11. The van der Waals surface area contributed by atoms with Crippen molar-refractivity contribution < 1.29 is 0 Å². The van der Waals surface area contributed by atoms with Gasteiger partial charge in [-0.2, -0.15) is 0 Å². The molecule has 4 nitrogen and oxygen atoms in total. The normalized spacial score (nSPS) is 10.5. The first kappa shape index (κ1) is 15.8. The van der Waals surface area contributed by atoms with Gasteiger partial charge in [-0.3, -0.25) is 0 Å². The number of nitrogens with one attached hydrogen (secondary N) is 1. The van der Waals surface area contributed by atoms with Crippen molar-refractivity contribution in [3.8, 4) is 0 Å². The fraction of sp³-hybridized carbons (Fsp3) is 0.375. The van der Waals surface area contributed by atoms with Crippen LogP contribution in [0.15, 0.2) is 34.8 Å². The van der Waals surface area contributed by atoms with Crippen LogP contribution in [-0.4, -0.2) is 24.1 Å². The molecule has 0 spiro atoms. The maximum absolute atomic E-state index is 4.65. The van der Waals surface area contributed by atoms with Gasteiger partial charge in [-0.15, -0.1) is 0 Å². The molecule has 2 rings (SSSR count). The number of nitrogens with zero attached hydrogens (tertiary/aromatic N) is 3. The van der Waals surface area contributed by atoms with Crippen LogP contribution in [0.3, 0.4) is 0 Å². The Morgan fingerprint density at radius 3 is 2.71 bits per heavy atom. The molecule has 0 amide bonds. The Morgan fingerprint density at radius 1 is 1.24 bits per heavy atom. The number of hydrogen-bond acceptors (Lipinski definition) is 4. The van der Waals surface area contributed by atoms with Crippen molar-refractivity contribution in [1.29, 1.82) is 0 Å². The molecule has 1 heterocycles. The predicted molar refractivity (Wildman–Crippen MR) is 91.8 cm³/mol. The van der Waals surface area contributed by atoms with E-state index in [1.807, 2.05) is 19.2 Å². The molecule has 2 aromatic rings. The maximum Gasteiger partial charge on any atom is 0.134 e. The first-order valence-corrected chi connectivity index (χ1v) is 7.93. The van der Waals surface area contributed by atoms with E-state index in [1.165, 1.54) is 5.56 Å². The van der Waals surface area contributed by atoms with Gasteiger partial charge in [-0.05, 0) is 24.1 Å². The summed E-state index contributed by atoms with van der Waals surface area (Å²) in [4.78, 5) is 11.3. The molecule has 0 aliphatic rings. The number of rotatable bonds is 6. The number of halogens is 1. The molecule has 0 fully saturated rings. The molecule has 0 saturated heterocycles. The topological polar surface area (TPSA) is 41.1 Å². The fourth-order valence-corrected chi connectivity index (χ4v) is 2.58. The van der Waals surface area contributed by atoms with Crippen molar-refractivity contribution in [2.24, 2.45) is 0 Å². The average molecular weight is 349 g/mol. The summed E-state index contributed by atoms with van der Waals surface area (Å²) in [6.07, 6.45) is 1.94. The quantitative estimate of drug-likeness (QED) is 0.860. The minimum atomic E-state index is 0.811. The molecular weight excluding hydrogens is 328 g/mol. The Kier molecular flexibility index (Phi) is 5.56. The molecule has 0 radical (unpaired) electrons. The van der Waals surface area contributed by atoms with Gasteiger partial charge in [-0.25, -0.2) is 9.97 Å². The van der Waals surface area contributed by atoms with Gasteiger partial charge in [0.1, 0.15) is 17.5 Å². The summed E-state index contributed by atoms with van der Waals surface area (Å²) in [7, 11) is 3.94. The smallest absolute Gasteiger partial charge is 0.134 e. The SMILES string of the molecule is CCCc1nc(NC)cc(N(C)Cc2cccc(Br)c2)n1. The molecule has 0 aliphatic heterocycles. The predicted octanol–water partition coefficient (Wildman–Crippen LogP) is 3.87. The number of anilines is 2. The summed E-state index contributed by atoms with van der Waals surface area (Å²) in [5.41, 5.74) is 1.24. The molecule has 1 N–H and O–H groups in total. The third kappa shape index (κ3) is 4.43. The third-order valence-electron chi connectivity index (χ3n) is 3.19. The Hall–Kier alpha value is -1.62. The first-order chi connectivity index (χ1) is 10.1. The van der Waals surface area contributed by atoms with Gasteiger partial charge in [0.05, 0.1) is 0 Å². The van der Waals surface area contributed by atoms with Crippen molar-refractivity contribution in [1.82, 2.24) is 9.97 Å². The molecular formula is C16H21BrN4. The lowest BCUT2D eigenvalue weighted by Crippen LogP contribution is -2.19. The second-order valence-corrected chi connectivity index (χ2v) is 5.93. The van der Waals surface area contributed by atoms with Crippen LogP contribution >= 0.6 is 15.9 Å². The Balaban J connectivity index is 2.21. The molecule has 1 aromatic carbocycles. The highest BCUT2D eigenvalue weighted by Crippen LogP contribution is 2.19. The molecule has 0 atom stereocenters. The molecule has 1 aromatic heterocycles. The molecule has 0 unspecified atom stereocenters. The number of benzene rings is 1. The van der Waals surface area contributed by atoms with Crippen molar-refractivity contribution in [2.75, 3.05) is 24.3 Å². The van der Waals surface area contributed by atoms with E-state index in [1.54, 1.807) is 0 Å². The van der Waals surface area contributed by atoms with E-state index in [4.69, 9.17) is 0 Å². The Morgan fingerprint density at radius 2 is 2.05 bits per heavy atom. The van der Waals surface area contributed by atoms with E-state index in [2.05, 4.69) is 68.3 Å². The molecule has 0 aliphatic carbocycles. The monoisotopic (exact) mass is 348 g/mol. The van der Waals surface area contributed by atoms with Crippen LogP contribution < -0.4 is 10.2 Å². The second kappa shape index (κ2) is 7.41. The van der Waals surface area contributed by atoms with E-state index in [9.17, 15) is 0 Å². The van der Waals surface area contributed by atoms with Crippen molar-refractivity contribution >= 4 is 27.6 Å². The highest BCUT2D eigenvalue weighted by Gasteiger charge is 2.08. The number of aromatic nitrogens is 2. The van der Waals surface area contributed by atoms with Gasteiger partial charge in [0.2, 0.25) is 0 Å². The first-order valence-electron chi connectivity index (χ1n) is 7.13. The van der Waals surface area contributed by atoms with Gasteiger partial charge >= 0.3 is 0 Å². The Labute approximate surface area is 134 Å². The van der Waals surface area contributed by atoms with Crippen LogP contribution in [0.5, 0.6) is 0 Å². The maximum atomic E-state index is 4.65. The second-order valence-electron chi connectivity index (χ2n) is 5.01. The lowest BCUT2D eigenvalue weighted by atomic mass is 10.2. The van der Waals surface area contributed by atoms with Crippen LogP contribution in [0.4, 0.5) is 11.6 Å². The molecule has 112 valence electrons. The van der Waals surface area contributed by atoms with Crippen LogP contribution in [0.1, 0.15) is 24.7 Å². The molecule has 5 heteroatoms. The zero-order valence-corrected chi connectivity index (χ0v) is 14.3. The van der Waals surface area contributed by atoms with Gasteiger partial charge in [0, 0.05) is 37.6 Å². The third-order valence-corrected chi connectivity index (χ3v) is 3.68. The van der Waals surface area contributed by atoms with Crippen LogP contribution in [0.2, 0.25) is 0 Å². The molecule has 0 saturated carbocycles. The van der Waals surface area contributed by atoms with Crippen molar-refractivity contribution in [2.45, 2.75) is 26.3 Å². The van der Waals surface area contributed by atoms with E-state index in [0.717, 1.165) is 41.3 Å². The zero-order valence-electron chi connectivity index (χ0n) is 12.7. The summed E-state index contributed by atoms with van der Waals surface area (Å²) >= 11 is 3.51. The van der Waals surface area contributed by atoms with E-state index in [0.29, 0.717) is 0 Å². The molecule has 0 bridgehead atoms. The largest absolute Gasteiger partial charge is 0.373 e. The van der Waals surface area contributed by atoms with Crippen LogP contribution in [0.25, 0.3) is 0 Å². The van der Waals surface area contributed by atoms with Gasteiger partial charge in [0.15, 0.2) is 0 Å². The average Bonchev–Trinajstić information content (AvgIpc) is 2.47. The van der Waals surface area contributed by atoms with Crippen molar-refractivity contribution in [3.63, 3.8) is 0 Å². The van der Waals surface area contributed by atoms with Gasteiger partial charge in [-0.1, -0.05) is 35.0 Å². The summed E-state index contributed by atoms with van der Waals surface area (Å²) in [6.45, 7) is 2.95. The minimum Gasteiger partial charge on any atom is -0.373 e. The van der Waals surface area contributed by atoms with E-state index >= 15 is 0 Å². The van der Waals surface area contributed by atoms with Gasteiger partial charge < -0.3 is 10.2 Å². The summed E-state index contributed by atoms with van der Waals surface area (Å²) < 4.78 is 1.10. The van der Waals surface area contributed by atoms with Crippen LogP contribution in [0, 0.1) is 0 Å². The van der Waals surface area contributed by atoms with E-state index in [-0.39, 0.29) is 0 Å². The summed E-state index contributed by atoms with van der Waals surface area (Å²) in [6, 6.07) is 10.3. The van der Waals surface area contributed by atoms with E-state index < -0.39 is 0 Å². The lowest BCUT2D eigenvalue weighted by Gasteiger charge is -2.20. The fourth-order valence-electron chi connectivity index (χ4n) is 2.13. The zero-order chi connectivity index (χ0) is 15.2. The number of hydrogen-bond donors (Lipinski definition) is 1. The summed E-state index contributed by atoms with van der Waals surface area (Å²) in [5.74, 6) is 2.70.